The van der Waals surface area contributed by atoms with Crippen LogP contribution in [0.15, 0.2) is 4.99 Å². The summed E-state index contributed by atoms with van der Waals surface area (Å²) in [7, 11) is 5.72. The fourth-order valence-electron chi connectivity index (χ4n) is 2.89. The Bertz CT molecular complexity index is 317. The lowest BCUT2D eigenvalue weighted by atomic mass is 10.2. The third-order valence-electron chi connectivity index (χ3n) is 4.32. The third-order valence-corrected chi connectivity index (χ3v) is 4.32. The summed E-state index contributed by atoms with van der Waals surface area (Å²) >= 11 is 0. The number of hydrogen-bond acceptors (Lipinski definition) is 4. The molecule has 0 aromatic rings. The van der Waals surface area contributed by atoms with Crippen LogP contribution in [0.3, 0.4) is 0 Å². The van der Waals surface area contributed by atoms with Gasteiger partial charge in [-0.1, -0.05) is 6.92 Å². The zero-order valence-corrected chi connectivity index (χ0v) is 17.6. The van der Waals surface area contributed by atoms with Gasteiger partial charge in [-0.3, -0.25) is 9.89 Å². The van der Waals surface area contributed by atoms with Crippen molar-refractivity contribution in [2.45, 2.75) is 32.2 Å². The van der Waals surface area contributed by atoms with Gasteiger partial charge in [-0.2, -0.15) is 0 Å². The topological polar surface area (TPSA) is 52.1 Å². The number of likely N-dealkylation sites (N-methyl/N-ethyl adjacent to an activating group) is 2. The van der Waals surface area contributed by atoms with E-state index < -0.39 is 0 Å². The maximum atomic E-state index is 5.08. The predicted octanol–water partition coefficient (Wildman–Crippen LogP) is 1.22. The number of ether oxygens (including phenoxy) is 1. The van der Waals surface area contributed by atoms with E-state index >= 15 is 0 Å². The van der Waals surface area contributed by atoms with Gasteiger partial charge in [-0.15, -0.1) is 24.0 Å². The molecule has 1 aliphatic heterocycles. The number of nitrogens with one attached hydrogen (secondary N) is 2. The summed E-state index contributed by atoms with van der Waals surface area (Å²) in [6.45, 7) is 9.40. The summed E-state index contributed by atoms with van der Waals surface area (Å²) in [5.41, 5.74) is 0. The van der Waals surface area contributed by atoms with Crippen LogP contribution in [0.1, 0.15) is 26.2 Å². The molecule has 0 radical (unpaired) electrons. The highest BCUT2D eigenvalue weighted by Crippen LogP contribution is 2.15. The van der Waals surface area contributed by atoms with Crippen molar-refractivity contribution in [3.63, 3.8) is 0 Å². The van der Waals surface area contributed by atoms with E-state index in [-0.39, 0.29) is 24.0 Å². The van der Waals surface area contributed by atoms with Crippen LogP contribution >= 0.6 is 24.0 Å². The highest BCUT2D eigenvalue weighted by atomic mass is 127. The lowest BCUT2D eigenvalue weighted by molar-refractivity contribution is 0.161. The van der Waals surface area contributed by atoms with Crippen LogP contribution in [0.4, 0.5) is 0 Å². The van der Waals surface area contributed by atoms with Crippen LogP contribution in [0.2, 0.25) is 0 Å². The Morgan fingerprint density at radius 2 is 2.13 bits per heavy atom. The lowest BCUT2D eigenvalue weighted by Crippen LogP contribution is -2.45. The number of guanidine groups is 1. The largest absolute Gasteiger partial charge is 0.383 e. The number of likely N-dealkylation sites (tertiary alicyclic amines) is 1. The summed E-state index contributed by atoms with van der Waals surface area (Å²) in [6, 6.07) is 0.656. The Hall–Kier alpha value is -0.120. The van der Waals surface area contributed by atoms with Crippen LogP contribution < -0.4 is 10.6 Å². The molecular weight excluding hydrogens is 405 g/mol. The van der Waals surface area contributed by atoms with Crippen LogP contribution in [-0.2, 0) is 4.74 Å². The van der Waals surface area contributed by atoms with E-state index in [1.54, 1.807) is 7.11 Å². The minimum Gasteiger partial charge on any atom is -0.383 e. The number of aliphatic imine (C=N–C) groups is 1. The van der Waals surface area contributed by atoms with Gasteiger partial charge >= 0.3 is 0 Å². The summed E-state index contributed by atoms with van der Waals surface area (Å²) in [5, 5.41) is 6.86. The smallest absolute Gasteiger partial charge is 0.191 e. The molecule has 0 bridgehead atoms. The molecule has 6 nitrogen and oxygen atoms in total. The molecule has 0 saturated carbocycles. The third kappa shape index (κ3) is 9.69. The molecule has 1 heterocycles. The maximum absolute atomic E-state index is 5.08. The van der Waals surface area contributed by atoms with Gasteiger partial charge in [0.15, 0.2) is 5.96 Å². The van der Waals surface area contributed by atoms with Crippen molar-refractivity contribution in [2.24, 2.45) is 4.99 Å². The number of rotatable bonds is 10. The first-order valence-electron chi connectivity index (χ1n) is 8.57. The monoisotopic (exact) mass is 441 g/mol. The number of hydrogen-bond donors (Lipinski definition) is 2. The molecule has 0 aliphatic carbocycles. The molecule has 1 unspecified atom stereocenters. The molecule has 0 amide bonds. The normalized spacial score (nSPS) is 19.0. The summed E-state index contributed by atoms with van der Waals surface area (Å²) in [4.78, 5) is 9.15. The van der Waals surface area contributed by atoms with Crippen molar-refractivity contribution in [3.05, 3.63) is 0 Å². The predicted molar refractivity (Wildman–Crippen MR) is 109 cm³/mol. The van der Waals surface area contributed by atoms with Gasteiger partial charge in [0.25, 0.3) is 0 Å². The minimum atomic E-state index is 0. The van der Waals surface area contributed by atoms with E-state index in [9.17, 15) is 0 Å². The molecular formula is C16H36IN5O. The highest BCUT2D eigenvalue weighted by Gasteiger charge is 2.22. The van der Waals surface area contributed by atoms with Crippen molar-refractivity contribution in [3.8, 4) is 0 Å². The van der Waals surface area contributed by atoms with Crippen molar-refractivity contribution in [1.82, 2.24) is 20.4 Å². The maximum Gasteiger partial charge on any atom is 0.191 e. The van der Waals surface area contributed by atoms with E-state index in [2.05, 4.69) is 39.4 Å². The van der Waals surface area contributed by atoms with Gasteiger partial charge in [0.1, 0.15) is 0 Å². The molecule has 1 rings (SSSR count). The SMILES string of the molecule is CCN1CCCC1CNC(=NC)NCCCN(C)CCOC.I. The Balaban J connectivity index is 0.00000484. The second-order valence-electron chi connectivity index (χ2n) is 5.95. The molecule has 1 atom stereocenters. The molecule has 138 valence electrons. The van der Waals surface area contributed by atoms with Crippen molar-refractivity contribution in [1.29, 1.82) is 0 Å². The first-order chi connectivity index (χ1) is 10.7. The van der Waals surface area contributed by atoms with Crippen molar-refractivity contribution in [2.75, 3.05) is 67.1 Å². The quantitative estimate of drug-likeness (QED) is 0.231. The van der Waals surface area contributed by atoms with Gasteiger partial charge in [-0.25, -0.2) is 0 Å². The fourth-order valence-corrected chi connectivity index (χ4v) is 2.89. The first kappa shape index (κ1) is 22.9. The number of methoxy groups -OCH3 is 1. The minimum absolute atomic E-state index is 0. The summed E-state index contributed by atoms with van der Waals surface area (Å²) in [5.74, 6) is 0.919. The Labute approximate surface area is 159 Å². The summed E-state index contributed by atoms with van der Waals surface area (Å²) in [6.07, 6.45) is 3.72. The van der Waals surface area contributed by atoms with E-state index in [0.717, 1.165) is 51.7 Å². The standard InChI is InChI=1S/C16H35N5O.HI/c1-5-21-11-6-8-15(21)14-19-16(17-2)18-9-7-10-20(3)12-13-22-4;/h15H,5-14H2,1-4H3,(H2,17,18,19);1H. The van der Waals surface area contributed by atoms with Gasteiger partial charge in [0.05, 0.1) is 6.61 Å². The van der Waals surface area contributed by atoms with Gasteiger partial charge in [0.2, 0.25) is 0 Å². The van der Waals surface area contributed by atoms with Crippen molar-refractivity contribution >= 4 is 29.9 Å². The Morgan fingerprint density at radius 3 is 2.78 bits per heavy atom. The molecule has 1 fully saturated rings. The molecule has 1 saturated heterocycles. The number of nitrogens with zero attached hydrogens (tertiary/aromatic N) is 3. The van der Waals surface area contributed by atoms with Gasteiger partial charge in [-0.05, 0) is 45.9 Å². The second-order valence-corrected chi connectivity index (χ2v) is 5.95. The van der Waals surface area contributed by atoms with E-state index in [1.807, 2.05) is 7.05 Å². The molecule has 7 heteroatoms. The van der Waals surface area contributed by atoms with E-state index in [1.165, 1.54) is 19.4 Å². The zero-order valence-electron chi connectivity index (χ0n) is 15.3. The molecule has 23 heavy (non-hydrogen) atoms. The Morgan fingerprint density at radius 1 is 1.35 bits per heavy atom. The summed E-state index contributed by atoms with van der Waals surface area (Å²) < 4.78 is 5.08. The average molecular weight is 441 g/mol. The molecule has 0 aromatic heterocycles. The molecule has 0 aromatic carbocycles. The second kappa shape index (κ2) is 14.2. The average Bonchev–Trinajstić information content (AvgIpc) is 2.99. The van der Waals surface area contributed by atoms with Crippen LogP contribution in [0.5, 0.6) is 0 Å². The molecule has 0 spiro atoms. The van der Waals surface area contributed by atoms with Gasteiger partial charge < -0.3 is 20.3 Å². The Kier molecular flexibility index (Phi) is 14.2. The number of halogens is 1. The zero-order chi connectivity index (χ0) is 16.2. The van der Waals surface area contributed by atoms with Crippen LogP contribution in [-0.4, -0.2) is 88.9 Å². The highest BCUT2D eigenvalue weighted by molar-refractivity contribution is 14.0. The molecule has 2 N–H and O–H groups in total. The fraction of sp³-hybridized carbons (Fsp3) is 0.938. The molecule has 1 aliphatic rings. The van der Waals surface area contributed by atoms with Crippen LogP contribution in [0, 0.1) is 0 Å². The first-order valence-corrected chi connectivity index (χ1v) is 8.57. The lowest BCUT2D eigenvalue weighted by Gasteiger charge is -2.24. The van der Waals surface area contributed by atoms with Crippen molar-refractivity contribution < 1.29 is 4.74 Å². The van der Waals surface area contributed by atoms with E-state index in [0.29, 0.717) is 6.04 Å². The van der Waals surface area contributed by atoms with Crippen LogP contribution in [0.25, 0.3) is 0 Å². The van der Waals surface area contributed by atoms with E-state index in [4.69, 9.17) is 4.74 Å². The van der Waals surface area contributed by atoms with Gasteiger partial charge in [0, 0.05) is 39.8 Å².